The Balaban J connectivity index is 1.57. The maximum Gasteiger partial charge on any atom is 0.237 e. The largest absolute Gasteiger partial charge is 0.369 e. The summed E-state index contributed by atoms with van der Waals surface area (Å²) in [4.78, 5) is 32.2. The van der Waals surface area contributed by atoms with Crippen molar-refractivity contribution in [2.24, 2.45) is 11.7 Å². The van der Waals surface area contributed by atoms with Gasteiger partial charge in [0.15, 0.2) is 0 Å². The van der Waals surface area contributed by atoms with Crippen molar-refractivity contribution in [2.75, 3.05) is 26.2 Å². The molecular formula is C17H24N4O2. The third-order valence-electron chi connectivity index (χ3n) is 4.99. The van der Waals surface area contributed by atoms with Crippen LogP contribution in [0.4, 0.5) is 0 Å². The van der Waals surface area contributed by atoms with E-state index >= 15 is 0 Å². The van der Waals surface area contributed by atoms with Crippen molar-refractivity contribution in [3.05, 3.63) is 30.1 Å². The number of hydrogen-bond donors (Lipinski definition) is 1. The predicted molar refractivity (Wildman–Crippen MR) is 86.3 cm³/mol. The van der Waals surface area contributed by atoms with E-state index in [1.165, 1.54) is 0 Å². The summed E-state index contributed by atoms with van der Waals surface area (Å²) in [7, 11) is 0. The molecule has 2 saturated heterocycles. The lowest BCUT2D eigenvalue weighted by molar-refractivity contribution is -0.133. The van der Waals surface area contributed by atoms with Crippen LogP contribution in [0.3, 0.4) is 0 Å². The zero-order valence-electron chi connectivity index (χ0n) is 13.4. The number of carbonyl (C=O) groups is 2. The SMILES string of the molecule is NC(=O)C1CCN(CC(=O)N2CCC[C@H]2c2cccnc2)CC1. The van der Waals surface area contributed by atoms with Gasteiger partial charge >= 0.3 is 0 Å². The molecule has 2 N–H and O–H groups in total. The highest BCUT2D eigenvalue weighted by molar-refractivity contribution is 5.79. The number of rotatable bonds is 4. The second-order valence-electron chi connectivity index (χ2n) is 6.48. The highest BCUT2D eigenvalue weighted by Crippen LogP contribution is 2.31. The van der Waals surface area contributed by atoms with Crippen molar-refractivity contribution in [1.82, 2.24) is 14.8 Å². The molecular weight excluding hydrogens is 292 g/mol. The number of aromatic nitrogens is 1. The maximum absolute atomic E-state index is 12.7. The van der Waals surface area contributed by atoms with Gasteiger partial charge in [-0.1, -0.05) is 6.07 Å². The summed E-state index contributed by atoms with van der Waals surface area (Å²) >= 11 is 0. The summed E-state index contributed by atoms with van der Waals surface area (Å²) in [6, 6.07) is 4.12. The van der Waals surface area contributed by atoms with E-state index in [-0.39, 0.29) is 23.8 Å². The predicted octanol–water partition coefficient (Wildman–Crippen LogP) is 0.942. The quantitative estimate of drug-likeness (QED) is 0.896. The number of piperidine rings is 1. The fourth-order valence-corrected chi connectivity index (χ4v) is 3.64. The minimum atomic E-state index is -0.216. The third-order valence-corrected chi connectivity index (χ3v) is 4.99. The van der Waals surface area contributed by atoms with Gasteiger partial charge in [-0.25, -0.2) is 0 Å². The molecule has 124 valence electrons. The number of nitrogens with two attached hydrogens (primary N) is 1. The van der Waals surface area contributed by atoms with Gasteiger partial charge in [0.1, 0.15) is 0 Å². The van der Waals surface area contributed by atoms with Crippen LogP contribution in [0, 0.1) is 5.92 Å². The van der Waals surface area contributed by atoms with E-state index < -0.39 is 0 Å². The van der Waals surface area contributed by atoms with E-state index in [9.17, 15) is 9.59 Å². The molecule has 0 saturated carbocycles. The summed E-state index contributed by atoms with van der Waals surface area (Å²) in [6.07, 6.45) is 7.17. The fraction of sp³-hybridized carbons (Fsp3) is 0.588. The van der Waals surface area contributed by atoms with Crippen molar-refractivity contribution >= 4 is 11.8 Å². The van der Waals surface area contributed by atoms with Crippen LogP contribution in [0.5, 0.6) is 0 Å². The van der Waals surface area contributed by atoms with E-state index in [0.717, 1.165) is 50.9 Å². The van der Waals surface area contributed by atoms with Crippen LogP contribution in [-0.2, 0) is 9.59 Å². The molecule has 0 unspecified atom stereocenters. The topological polar surface area (TPSA) is 79.5 Å². The minimum Gasteiger partial charge on any atom is -0.369 e. The number of primary amides is 1. The van der Waals surface area contributed by atoms with Crippen LogP contribution in [0.25, 0.3) is 0 Å². The molecule has 0 bridgehead atoms. The molecule has 1 aromatic heterocycles. The van der Waals surface area contributed by atoms with Gasteiger partial charge in [0, 0.05) is 24.9 Å². The molecule has 6 nitrogen and oxygen atoms in total. The fourth-order valence-electron chi connectivity index (χ4n) is 3.64. The number of pyridine rings is 1. The molecule has 2 aliphatic heterocycles. The molecule has 6 heteroatoms. The molecule has 2 aliphatic rings. The molecule has 1 atom stereocenters. The Morgan fingerprint density at radius 3 is 2.65 bits per heavy atom. The number of likely N-dealkylation sites (tertiary alicyclic amines) is 2. The van der Waals surface area contributed by atoms with Gasteiger partial charge in [0.2, 0.25) is 11.8 Å². The van der Waals surface area contributed by atoms with Crippen LogP contribution < -0.4 is 5.73 Å². The Morgan fingerprint density at radius 1 is 1.22 bits per heavy atom. The number of nitrogens with zero attached hydrogens (tertiary/aromatic N) is 3. The zero-order chi connectivity index (χ0) is 16.2. The van der Waals surface area contributed by atoms with Gasteiger partial charge in [-0.3, -0.25) is 19.5 Å². The summed E-state index contributed by atoms with van der Waals surface area (Å²) in [5.41, 5.74) is 6.47. The maximum atomic E-state index is 12.7. The van der Waals surface area contributed by atoms with Crippen LogP contribution in [-0.4, -0.2) is 52.8 Å². The van der Waals surface area contributed by atoms with Gasteiger partial charge < -0.3 is 10.6 Å². The van der Waals surface area contributed by atoms with E-state index in [2.05, 4.69) is 9.88 Å². The number of hydrogen-bond acceptors (Lipinski definition) is 4. The van der Waals surface area contributed by atoms with Crippen molar-refractivity contribution < 1.29 is 9.59 Å². The summed E-state index contributed by atoms with van der Waals surface area (Å²) < 4.78 is 0. The lowest BCUT2D eigenvalue weighted by Gasteiger charge is -2.32. The number of carbonyl (C=O) groups excluding carboxylic acids is 2. The van der Waals surface area contributed by atoms with Crippen LogP contribution in [0.2, 0.25) is 0 Å². The molecule has 2 amide bonds. The summed E-state index contributed by atoms with van der Waals surface area (Å²) in [6.45, 7) is 2.79. The highest BCUT2D eigenvalue weighted by Gasteiger charge is 2.32. The average Bonchev–Trinajstić information content (AvgIpc) is 3.06. The van der Waals surface area contributed by atoms with Gasteiger partial charge in [-0.15, -0.1) is 0 Å². The Morgan fingerprint density at radius 2 is 2.00 bits per heavy atom. The van der Waals surface area contributed by atoms with Gasteiger partial charge in [0.25, 0.3) is 0 Å². The first kappa shape index (κ1) is 15.9. The van der Waals surface area contributed by atoms with Crippen LogP contribution in [0.1, 0.15) is 37.3 Å². The molecule has 3 rings (SSSR count). The molecule has 1 aromatic rings. The summed E-state index contributed by atoms with van der Waals surface area (Å²) in [5, 5.41) is 0. The van der Waals surface area contributed by atoms with Gasteiger partial charge in [-0.05, 0) is 50.4 Å². The van der Waals surface area contributed by atoms with E-state index in [1.54, 1.807) is 6.20 Å². The molecule has 0 spiro atoms. The Labute approximate surface area is 136 Å². The van der Waals surface area contributed by atoms with E-state index in [4.69, 9.17) is 5.73 Å². The standard InChI is InChI=1S/C17H24N4O2/c18-17(23)13-5-9-20(10-6-13)12-16(22)21-8-2-4-15(21)14-3-1-7-19-11-14/h1,3,7,11,13,15H,2,4-6,8-10,12H2,(H2,18,23)/t15-/m0/s1. The average molecular weight is 316 g/mol. The molecule has 0 aromatic carbocycles. The first-order valence-corrected chi connectivity index (χ1v) is 8.36. The Kier molecular flexibility index (Phi) is 4.91. The molecule has 2 fully saturated rings. The number of amides is 2. The van der Waals surface area contributed by atoms with Crippen molar-refractivity contribution in [3.8, 4) is 0 Å². The zero-order valence-corrected chi connectivity index (χ0v) is 13.4. The normalized spacial score (nSPS) is 23.1. The highest BCUT2D eigenvalue weighted by atomic mass is 16.2. The van der Waals surface area contributed by atoms with E-state index in [0.29, 0.717) is 6.54 Å². The first-order chi connectivity index (χ1) is 11.1. The summed E-state index contributed by atoms with van der Waals surface area (Å²) in [5.74, 6) is -0.0719. The van der Waals surface area contributed by atoms with Crippen molar-refractivity contribution in [3.63, 3.8) is 0 Å². The van der Waals surface area contributed by atoms with Crippen molar-refractivity contribution in [2.45, 2.75) is 31.7 Å². The molecule has 0 radical (unpaired) electrons. The van der Waals surface area contributed by atoms with Gasteiger partial charge in [-0.2, -0.15) is 0 Å². The molecule has 3 heterocycles. The Hall–Kier alpha value is -1.95. The van der Waals surface area contributed by atoms with Gasteiger partial charge in [0.05, 0.1) is 12.6 Å². The van der Waals surface area contributed by atoms with E-state index in [1.807, 2.05) is 23.2 Å². The molecule has 23 heavy (non-hydrogen) atoms. The lowest BCUT2D eigenvalue weighted by Crippen LogP contribution is -2.44. The second kappa shape index (κ2) is 7.08. The monoisotopic (exact) mass is 316 g/mol. The lowest BCUT2D eigenvalue weighted by atomic mass is 9.96. The van der Waals surface area contributed by atoms with Crippen molar-refractivity contribution in [1.29, 1.82) is 0 Å². The van der Waals surface area contributed by atoms with Crippen LogP contribution >= 0.6 is 0 Å². The second-order valence-corrected chi connectivity index (χ2v) is 6.48. The Bertz CT molecular complexity index is 555. The third kappa shape index (κ3) is 3.69. The first-order valence-electron chi connectivity index (χ1n) is 8.36. The smallest absolute Gasteiger partial charge is 0.237 e. The molecule has 0 aliphatic carbocycles. The van der Waals surface area contributed by atoms with Crippen LogP contribution in [0.15, 0.2) is 24.5 Å². The minimum absolute atomic E-state index is 0.0312.